The summed E-state index contributed by atoms with van der Waals surface area (Å²) in [5.74, 6) is 0.732. The Morgan fingerprint density at radius 2 is 2.00 bits per heavy atom. The van der Waals surface area contributed by atoms with Gasteiger partial charge in [0.25, 0.3) is 0 Å². The maximum absolute atomic E-state index is 11.5. The number of nitrogens with zero attached hydrogens (tertiary/aromatic N) is 1. The predicted molar refractivity (Wildman–Crippen MR) is 65.3 cm³/mol. The number of rotatable bonds is 1. The van der Waals surface area contributed by atoms with Crippen molar-refractivity contribution in [3.63, 3.8) is 0 Å². The van der Waals surface area contributed by atoms with Gasteiger partial charge in [-0.15, -0.1) is 0 Å². The van der Waals surface area contributed by atoms with Crippen molar-refractivity contribution in [3.8, 4) is 0 Å². The zero-order valence-corrected chi connectivity index (χ0v) is 9.86. The van der Waals surface area contributed by atoms with E-state index < -0.39 is 0 Å². The van der Waals surface area contributed by atoms with E-state index in [1.807, 2.05) is 11.0 Å². The van der Waals surface area contributed by atoms with E-state index in [-0.39, 0.29) is 5.91 Å². The van der Waals surface area contributed by atoms with E-state index in [4.69, 9.17) is 0 Å². The Hall–Kier alpha value is -1.31. The van der Waals surface area contributed by atoms with Crippen LogP contribution in [0.25, 0.3) is 0 Å². The molecule has 1 atom stereocenters. The highest BCUT2D eigenvalue weighted by atomic mass is 16.2. The molecule has 1 heterocycles. The van der Waals surface area contributed by atoms with E-state index in [0.717, 1.165) is 19.5 Å². The van der Waals surface area contributed by atoms with Gasteiger partial charge in [0.05, 0.1) is 0 Å². The van der Waals surface area contributed by atoms with E-state index >= 15 is 0 Å². The van der Waals surface area contributed by atoms with Crippen molar-refractivity contribution < 1.29 is 4.79 Å². The predicted octanol–water partition coefficient (Wildman–Crippen LogP) is 2.80. The van der Waals surface area contributed by atoms with E-state index in [1.54, 1.807) is 6.92 Å². The first-order valence-corrected chi connectivity index (χ1v) is 6.08. The SMILES string of the molecule is CC(=O)N1CCCCC(c2ccccc2)C1. The van der Waals surface area contributed by atoms with Crippen LogP contribution in [0.3, 0.4) is 0 Å². The van der Waals surface area contributed by atoms with Crippen LogP contribution in [0.1, 0.15) is 37.7 Å². The van der Waals surface area contributed by atoms with Crippen LogP contribution in [0, 0.1) is 0 Å². The number of likely N-dealkylation sites (tertiary alicyclic amines) is 1. The molecule has 1 unspecified atom stereocenters. The largest absolute Gasteiger partial charge is 0.342 e. The van der Waals surface area contributed by atoms with Gasteiger partial charge in [0, 0.05) is 25.9 Å². The molecule has 0 bridgehead atoms. The highest BCUT2D eigenvalue weighted by molar-refractivity contribution is 5.73. The number of hydrogen-bond acceptors (Lipinski definition) is 1. The standard InChI is InChI=1S/C14H19NO/c1-12(16)15-10-6-5-9-14(11-15)13-7-3-2-4-8-13/h2-4,7-8,14H,5-6,9-11H2,1H3. The third kappa shape index (κ3) is 2.63. The quantitative estimate of drug-likeness (QED) is 0.708. The summed E-state index contributed by atoms with van der Waals surface area (Å²) in [5, 5.41) is 0. The highest BCUT2D eigenvalue weighted by Crippen LogP contribution is 2.26. The summed E-state index contributed by atoms with van der Waals surface area (Å²) in [6.45, 7) is 3.49. The number of amides is 1. The van der Waals surface area contributed by atoms with Crippen molar-refractivity contribution >= 4 is 5.91 Å². The molecule has 0 N–H and O–H groups in total. The average Bonchev–Trinajstić information content (AvgIpc) is 2.56. The minimum Gasteiger partial charge on any atom is -0.342 e. The average molecular weight is 217 g/mol. The second kappa shape index (κ2) is 5.15. The molecule has 16 heavy (non-hydrogen) atoms. The molecule has 1 aliphatic rings. The van der Waals surface area contributed by atoms with Crippen molar-refractivity contribution in [1.29, 1.82) is 0 Å². The third-order valence-corrected chi connectivity index (χ3v) is 3.39. The summed E-state index contributed by atoms with van der Waals surface area (Å²) < 4.78 is 0. The van der Waals surface area contributed by atoms with Gasteiger partial charge < -0.3 is 4.90 Å². The van der Waals surface area contributed by atoms with Crippen molar-refractivity contribution in [2.75, 3.05) is 13.1 Å². The van der Waals surface area contributed by atoms with Gasteiger partial charge in [0.15, 0.2) is 0 Å². The molecule has 2 rings (SSSR count). The molecule has 0 spiro atoms. The third-order valence-electron chi connectivity index (χ3n) is 3.39. The van der Waals surface area contributed by atoms with Gasteiger partial charge in [-0.25, -0.2) is 0 Å². The fourth-order valence-electron chi connectivity index (χ4n) is 2.43. The monoisotopic (exact) mass is 217 g/mol. The van der Waals surface area contributed by atoms with Crippen LogP contribution in [0.4, 0.5) is 0 Å². The molecule has 1 fully saturated rings. The minimum absolute atomic E-state index is 0.211. The Kier molecular flexibility index (Phi) is 3.60. The molecule has 0 radical (unpaired) electrons. The van der Waals surface area contributed by atoms with Crippen molar-refractivity contribution in [2.45, 2.75) is 32.1 Å². The smallest absolute Gasteiger partial charge is 0.219 e. The Bertz CT molecular complexity index is 347. The summed E-state index contributed by atoms with van der Waals surface area (Å²) in [6, 6.07) is 10.6. The van der Waals surface area contributed by atoms with Crippen molar-refractivity contribution in [1.82, 2.24) is 4.90 Å². The summed E-state index contributed by atoms with van der Waals surface area (Å²) in [4.78, 5) is 13.4. The van der Waals surface area contributed by atoms with E-state index in [9.17, 15) is 4.79 Å². The van der Waals surface area contributed by atoms with Gasteiger partial charge >= 0.3 is 0 Å². The fraction of sp³-hybridized carbons (Fsp3) is 0.500. The Balaban J connectivity index is 2.12. The van der Waals surface area contributed by atoms with E-state index in [2.05, 4.69) is 24.3 Å². The minimum atomic E-state index is 0.211. The molecule has 1 amide bonds. The first-order chi connectivity index (χ1) is 7.77. The molecule has 2 heteroatoms. The van der Waals surface area contributed by atoms with Crippen LogP contribution < -0.4 is 0 Å². The summed E-state index contributed by atoms with van der Waals surface area (Å²) in [7, 11) is 0. The summed E-state index contributed by atoms with van der Waals surface area (Å²) >= 11 is 0. The molecule has 1 aromatic rings. The number of carbonyl (C=O) groups is 1. The van der Waals surface area contributed by atoms with Gasteiger partial charge in [-0.3, -0.25) is 4.79 Å². The van der Waals surface area contributed by atoms with Gasteiger partial charge in [0.2, 0.25) is 5.91 Å². The van der Waals surface area contributed by atoms with Gasteiger partial charge in [-0.05, 0) is 18.4 Å². The molecule has 0 aromatic heterocycles. The van der Waals surface area contributed by atoms with Gasteiger partial charge in [0.1, 0.15) is 0 Å². The molecular formula is C14H19NO. The lowest BCUT2D eigenvalue weighted by molar-refractivity contribution is -0.128. The normalized spacial score (nSPS) is 21.6. The van der Waals surface area contributed by atoms with Crippen LogP contribution in [0.2, 0.25) is 0 Å². The first-order valence-electron chi connectivity index (χ1n) is 6.08. The van der Waals surface area contributed by atoms with Gasteiger partial charge in [-0.1, -0.05) is 36.8 Å². The summed E-state index contributed by atoms with van der Waals surface area (Å²) in [6.07, 6.45) is 3.57. The zero-order valence-electron chi connectivity index (χ0n) is 9.86. The van der Waals surface area contributed by atoms with Crippen LogP contribution in [-0.4, -0.2) is 23.9 Å². The maximum Gasteiger partial charge on any atom is 0.219 e. The molecule has 0 saturated carbocycles. The van der Waals surface area contributed by atoms with Crippen molar-refractivity contribution in [3.05, 3.63) is 35.9 Å². The Labute approximate surface area is 97.3 Å². The molecule has 2 nitrogen and oxygen atoms in total. The fourth-order valence-corrected chi connectivity index (χ4v) is 2.43. The van der Waals surface area contributed by atoms with Crippen LogP contribution >= 0.6 is 0 Å². The Morgan fingerprint density at radius 3 is 2.69 bits per heavy atom. The maximum atomic E-state index is 11.5. The molecule has 86 valence electrons. The lowest BCUT2D eigenvalue weighted by Gasteiger charge is -2.23. The molecule has 0 aliphatic carbocycles. The van der Waals surface area contributed by atoms with Crippen molar-refractivity contribution in [2.24, 2.45) is 0 Å². The van der Waals surface area contributed by atoms with Crippen LogP contribution in [0.15, 0.2) is 30.3 Å². The van der Waals surface area contributed by atoms with Gasteiger partial charge in [-0.2, -0.15) is 0 Å². The van der Waals surface area contributed by atoms with E-state index in [0.29, 0.717) is 5.92 Å². The summed E-state index contributed by atoms with van der Waals surface area (Å²) in [5.41, 5.74) is 1.37. The zero-order chi connectivity index (χ0) is 11.4. The molecular weight excluding hydrogens is 198 g/mol. The molecule has 1 aromatic carbocycles. The molecule has 1 saturated heterocycles. The second-order valence-corrected chi connectivity index (χ2v) is 4.57. The lowest BCUT2D eigenvalue weighted by Crippen LogP contribution is -2.31. The topological polar surface area (TPSA) is 20.3 Å². The number of carbonyl (C=O) groups excluding carboxylic acids is 1. The number of hydrogen-bond donors (Lipinski definition) is 0. The number of benzene rings is 1. The highest BCUT2D eigenvalue weighted by Gasteiger charge is 2.20. The second-order valence-electron chi connectivity index (χ2n) is 4.57. The van der Waals surface area contributed by atoms with Crippen LogP contribution in [0.5, 0.6) is 0 Å². The van der Waals surface area contributed by atoms with Crippen LogP contribution in [-0.2, 0) is 4.79 Å². The lowest BCUT2D eigenvalue weighted by atomic mass is 9.94. The van der Waals surface area contributed by atoms with E-state index in [1.165, 1.54) is 18.4 Å². The first kappa shape index (κ1) is 11.2. The Morgan fingerprint density at radius 1 is 1.25 bits per heavy atom. The molecule has 1 aliphatic heterocycles.